The summed E-state index contributed by atoms with van der Waals surface area (Å²) in [7, 11) is 0. The van der Waals surface area contributed by atoms with Gasteiger partial charge in [0.1, 0.15) is 0 Å². The minimum Gasteiger partial charge on any atom is -0.377 e. The van der Waals surface area contributed by atoms with Gasteiger partial charge in [-0.3, -0.25) is 0 Å². The number of hydrogen-bond donors (Lipinski definition) is 1. The molecule has 1 unspecified atom stereocenters. The van der Waals surface area contributed by atoms with Gasteiger partial charge in [0, 0.05) is 15.4 Å². The fourth-order valence-electron chi connectivity index (χ4n) is 1.85. The van der Waals surface area contributed by atoms with Crippen molar-refractivity contribution in [1.29, 1.82) is 0 Å². The Kier molecular flexibility index (Phi) is 5.67. The molecule has 0 aliphatic carbocycles. The van der Waals surface area contributed by atoms with Crippen LogP contribution in [0, 0.1) is 0 Å². The van der Waals surface area contributed by atoms with E-state index in [9.17, 15) is 0 Å². The van der Waals surface area contributed by atoms with Crippen molar-refractivity contribution in [3.63, 3.8) is 0 Å². The second-order valence-electron chi connectivity index (χ2n) is 4.36. The molecule has 0 spiro atoms. The third kappa shape index (κ3) is 3.64. The van der Waals surface area contributed by atoms with E-state index in [1.165, 1.54) is 10.5 Å². The molecule has 1 nitrogen and oxygen atoms in total. The highest BCUT2D eigenvalue weighted by atomic mass is 79.9. The van der Waals surface area contributed by atoms with Gasteiger partial charge in [0.2, 0.25) is 0 Å². The number of rotatable bonds is 4. The number of halogens is 3. The molecule has 2 aromatic rings. The van der Waals surface area contributed by atoms with Crippen LogP contribution in [0.15, 0.2) is 45.8 Å². The SMILES string of the molecule is CSc1ccc(C(C)Nc2ccc(Br)c(Cl)c2Cl)cc1. The summed E-state index contributed by atoms with van der Waals surface area (Å²) < 4.78 is 0.798. The van der Waals surface area contributed by atoms with Crippen molar-refractivity contribution >= 4 is 56.6 Å². The molecular formula is C15H14BrCl2NS. The lowest BCUT2D eigenvalue weighted by atomic mass is 10.1. The summed E-state index contributed by atoms with van der Waals surface area (Å²) in [6.45, 7) is 2.10. The molecular weight excluding hydrogens is 377 g/mol. The molecule has 20 heavy (non-hydrogen) atoms. The summed E-state index contributed by atoms with van der Waals surface area (Å²) in [6.07, 6.45) is 2.07. The largest absolute Gasteiger partial charge is 0.377 e. The summed E-state index contributed by atoms with van der Waals surface area (Å²) in [4.78, 5) is 1.26. The first kappa shape index (κ1) is 16.0. The second kappa shape index (κ2) is 7.08. The van der Waals surface area contributed by atoms with Crippen LogP contribution in [0.3, 0.4) is 0 Å². The number of hydrogen-bond acceptors (Lipinski definition) is 2. The molecule has 1 atom stereocenters. The van der Waals surface area contributed by atoms with Crippen molar-refractivity contribution in [3.8, 4) is 0 Å². The van der Waals surface area contributed by atoms with E-state index in [0.29, 0.717) is 10.0 Å². The van der Waals surface area contributed by atoms with Crippen molar-refractivity contribution in [2.75, 3.05) is 11.6 Å². The van der Waals surface area contributed by atoms with Crippen LogP contribution in [0.1, 0.15) is 18.5 Å². The van der Waals surface area contributed by atoms with Crippen molar-refractivity contribution < 1.29 is 0 Å². The van der Waals surface area contributed by atoms with Gasteiger partial charge >= 0.3 is 0 Å². The maximum Gasteiger partial charge on any atom is 0.0835 e. The van der Waals surface area contributed by atoms with Crippen LogP contribution in [0.25, 0.3) is 0 Å². The van der Waals surface area contributed by atoms with Crippen LogP contribution in [0.2, 0.25) is 10.0 Å². The monoisotopic (exact) mass is 389 g/mol. The molecule has 0 fully saturated rings. The number of anilines is 1. The maximum atomic E-state index is 6.25. The Hall–Kier alpha value is -0.350. The number of thioether (sulfide) groups is 1. The Balaban J connectivity index is 2.18. The van der Waals surface area contributed by atoms with E-state index in [4.69, 9.17) is 23.2 Å². The van der Waals surface area contributed by atoms with E-state index < -0.39 is 0 Å². The van der Waals surface area contributed by atoms with E-state index >= 15 is 0 Å². The minimum atomic E-state index is 0.153. The first-order valence-electron chi connectivity index (χ1n) is 6.07. The fraction of sp³-hybridized carbons (Fsp3) is 0.200. The third-order valence-corrected chi connectivity index (χ3v) is 5.54. The Morgan fingerprint density at radius 3 is 2.30 bits per heavy atom. The molecule has 0 radical (unpaired) electrons. The summed E-state index contributed by atoms with van der Waals surface area (Å²) in [5.41, 5.74) is 2.04. The molecule has 0 saturated carbocycles. The lowest BCUT2D eigenvalue weighted by molar-refractivity contribution is 0.883. The van der Waals surface area contributed by atoms with Gasteiger partial charge in [0.05, 0.1) is 15.7 Å². The smallest absolute Gasteiger partial charge is 0.0835 e. The summed E-state index contributed by atoms with van der Waals surface area (Å²) >= 11 is 17.5. The maximum absolute atomic E-state index is 6.25. The quantitative estimate of drug-likeness (QED) is 0.463. The van der Waals surface area contributed by atoms with Gasteiger partial charge in [-0.05, 0) is 58.9 Å². The summed E-state index contributed by atoms with van der Waals surface area (Å²) in [6, 6.07) is 12.4. The van der Waals surface area contributed by atoms with Crippen molar-refractivity contribution in [3.05, 3.63) is 56.5 Å². The van der Waals surface area contributed by atoms with Crippen molar-refractivity contribution in [1.82, 2.24) is 0 Å². The van der Waals surface area contributed by atoms with Gasteiger partial charge in [-0.1, -0.05) is 35.3 Å². The molecule has 0 amide bonds. The van der Waals surface area contributed by atoms with Crippen LogP contribution < -0.4 is 5.32 Å². The number of nitrogens with one attached hydrogen (secondary N) is 1. The molecule has 2 rings (SSSR count). The molecule has 0 saturated heterocycles. The van der Waals surface area contributed by atoms with Crippen molar-refractivity contribution in [2.45, 2.75) is 17.9 Å². The molecule has 0 aromatic heterocycles. The Bertz CT molecular complexity index is 602. The molecule has 0 heterocycles. The van der Waals surface area contributed by atoms with Gasteiger partial charge in [-0.25, -0.2) is 0 Å². The minimum absolute atomic E-state index is 0.153. The van der Waals surface area contributed by atoms with E-state index in [1.807, 2.05) is 12.1 Å². The molecule has 0 aliphatic rings. The lowest BCUT2D eigenvalue weighted by Gasteiger charge is -2.18. The van der Waals surface area contributed by atoms with E-state index in [2.05, 4.69) is 58.7 Å². The van der Waals surface area contributed by atoms with E-state index in [1.54, 1.807) is 11.8 Å². The Morgan fingerprint density at radius 2 is 1.70 bits per heavy atom. The topological polar surface area (TPSA) is 12.0 Å². The number of benzene rings is 2. The lowest BCUT2D eigenvalue weighted by Crippen LogP contribution is -2.07. The van der Waals surface area contributed by atoms with Gasteiger partial charge in [-0.2, -0.15) is 0 Å². The van der Waals surface area contributed by atoms with Gasteiger partial charge < -0.3 is 5.32 Å². The van der Waals surface area contributed by atoms with E-state index in [0.717, 1.165) is 10.2 Å². The Labute approximate surface area is 142 Å². The van der Waals surface area contributed by atoms with Crippen LogP contribution in [-0.2, 0) is 0 Å². The highest BCUT2D eigenvalue weighted by Gasteiger charge is 2.11. The Morgan fingerprint density at radius 1 is 1.05 bits per heavy atom. The molecule has 1 N–H and O–H groups in total. The van der Waals surface area contributed by atoms with Crippen LogP contribution in [-0.4, -0.2) is 6.26 Å². The predicted octanol–water partition coefficient (Wildman–Crippen LogP) is 6.65. The van der Waals surface area contributed by atoms with Crippen LogP contribution in [0.5, 0.6) is 0 Å². The van der Waals surface area contributed by atoms with Crippen LogP contribution >= 0.6 is 50.9 Å². The second-order valence-corrected chi connectivity index (χ2v) is 6.85. The van der Waals surface area contributed by atoms with Gasteiger partial charge in [0.15, 0.2) is 0 Å². The normalized spacial score (nSPS) is 12.2. The van der Waals surface area contributed by atoms with E-state index in [-0.39, 0.29) is 6.04 Å². The standard InChI is InChI=1S/C15H14BrCl2NS/c1-9(10-3-5-11(20-2)6-4-10)19-13-8-7-12(16)14(17)15(13)18/h3-9,19H,1-2H3. The highest BCUT2D eigenvalue weighted by Crippen LogP contribution is 2.37. The average molecular weight is 391 g/mol. The van der Waals surface area contributed by atoms with Crippen LogP contribution in [0.4, 0.5) is 5.69 Å². The molecule has 0 bridgehead atoms. The first-order valence-corrected chi connectivity index (χ1v) is 8.84. The fourth-order valence-corrected chi connectivity index (χ4v) is 3.08. The molecule has 0 aliphatic heterocycles. The molecule has 5 heteroatoms. The summed E-state index contributed by atoms with van der Waals surface area (Å²) in [5.74, 6) is 0. The van der Waals surface area contributed by atoms with Gasteiger partial charge in [-0.15, -0.1) is 11.8 Å². The zero-order valence-electron chi connectivity index (χ0n) is 11.1. The molecule has 2 aromatic carbocycles. The highest BCUT2D eigenvalue weighted by molar-refractivity contribution is 9.10. The van der Waals surface area contributed by atoms with Crippen molar-refractivity contribution in [2.24, 2.45) is 0 Å². The average Bonchev–Trinajstić information content (AvgIpc) is 2.48. The van der Waals surface area contributed by atoms with Gasteiger partial charge in [0.25, 0.3) is 0 Å². The third-order valence-electron chi connectivity index (χ3n) is 3.02. The zero-order valence-corrected chi connectivity index (χ0v) is 15.0. The first-order chi connectivity index (χ1) is 9.52. The zero-order chi connectivity index (χ0) is 14.7. The molecule has 106 valence electrons. The predicted molar refractivity (Wildman–Crippen MR) is 94.4 cm³/mol. The summed E-state index contributed by atoms with van der Waals surface area (Å²) in [5, 5.41) is 4.45.